The van der Waals surface area contributed by atoms with Crippen molar-refractivity contribution in [1.29, 1.82) is 0 Å². The van der Waals surface area contributed by atoms with E-state index in [4.69, 9.17) is 0 Å². The maximum atomic E-state index is 12.2. The molecular weight excluding hydrogens is 274 g/mol. The van der Waals surface area contributed by atoms with E-state index in [0.717, 1.165) is 13.0 Å². The second-order valence-electron chi connectivity index (χ2n) is 4.50. The summed E-state index contributed by atoms with van der Waals surface area (Å²) >= 11 is 3.54. The van der Waals surface area contributed by atoms with Gasteiger partial charge in [0, 0.05) is 22.7 Å². The Labute approximate surface area is 123 Å². The molecule has 1 amide bonds. The molecule has 0 aromatic carbocycles. The van der Waals surface area contributed by atoms with Crippen LogP contribution in [0.15, 0.2) is 40.6 Å². The zero-order chi connectivity index (χ0) is 13.7. The number of allylic oxidation sites excluding steroid dienone is 2. The topological polar surface area (TPSA) is 20.3 Å². The van der Waals surface area contributed by atoms with Gasteiger partial charge in [-0.15, -0.1) is 23.1 Å². The Morgan fingerprint density at radius 1 is 1.58 bits per heavy atom. The lowest BCUT2D eigenvalue weighted by Crippen LogP contribution is -2.28. The highest BCUT2D eigenvalue weighted by atomic mass is 32.2. The molecule has 0 bridgehead atoms. The molecule has 1 aromatic heterocycles. The lowest BCUT2D eigenvalue weighted by Gasteiger charge is -2.18. The summed E-state index contributed by atoms with van der Waals surface area (Å²) in [6.07, 6.45) is 7.04. The zero-order valence-corrected chi connectivity index (χ0v) is 13.0. The normalized spacial score (nSPS) is 18.8. The smallest absolute Gasteiger partial charge is 0.246 e. The van der Waals surface area contributed by atoms with E-state index >= 15 is 0 Å². The Morgan fingerprint density at radius 3 is 3.00 bits per heavy atom. The van der Waals surface area contributed by atoms with E-state index in [0.29, 0.717) is 11.8 Å². The van der Waals surface area contributed by atoms with Gasteiger partial charge in [-0.2, -0.15) is 0 Å². The van der Waals surface area contributed by atoms with Crippen LogP contribution in [-0.4, -0.2) is 22.6 Å². The minimum Gasteiger partial charge on any atom is -0.334 e. The van der Waals surface area contributed by atoms with Crippen molar-refractivity contribution in [3.05, 3.63) is 45.5 Å². The predicted molar refractivity (Wildman–Crippen MR) is 84.3 cm³/mol. The molecule has 2 heterocycles. The van der Waals surface area contributed by atoms with Crippen LogP contribution < -0.4 is 0 Å². The Morgan fingerprint density at radius 2 is 2.42 bits per heavy atom. The molecule has 4 heteroatoms. The fraction of sp³-hybridized carbons (Fsp3) is 0.400. The first-order valence-corrected chi connectivity index (χ1v) is 8.28. The van der Waals surface area contributed by atoms with E-state index in [2.05, 4.69) is 19.1 Å². The van der Waals surface area contributed by atoms with E-state index in [1.165, 1.54) is 9.78 Å². The minimum absolute atomic E-state index is 0.112. The molecule has 1 aromatic rings. The second kappa shape index (κ2) is 6.96. The largest absolute Gasteiger partial charge is 0.334 e. The number of thiophene rings is 1. The predicted octanol–water partition coefficient (Wildman–Crippen LogP) is 4.06. The number of hydrogen-bond acceptors (Lipinski definition) is 3. The summed E-state index contributed by atoms with van der Waals surface area (Å²) in [7, 11) is 0. The third-order valence-corrected chi connectivity index (χ3v) is 5.10. The molecule has 102 valence electrons. The van der Waals surface area contributed by atoms with E-state index < -0.39 is 0 Å². The van der Waals surface area contributed by atoms with E-state index in [1.807, 2.05) is 41.1 Å². The lowest BCUT2D eigenvalue weighted by atomic mass is 10.2. The first kappa shape index (κ1) is 14.4. The van der Waals surface area contributed by atoms with Gasteiger partial charge in [-0.25, -0.2) is 0 Å². The summed E-state index contributed by atoms with van der Waals surface area (Å²) in [5.74, 6) is 0.112. The van der Waals surface area contributed by atoms with Gasteiger partial charge < -0.3 is 4.90 Å². The van der Waals surface area contributed by atoms with Crippen LogP contribution in [0.25, 0.3) is 0 Å². The van der Waals surface area contributed by atoms with Crippen molar-refractivity contribution >= 4 is 29.0 Å². The van der Waals surface area contributed by atoms with Crippen molar-refractivity contribution in [1.82, 2.24) is 4.90 Å². The SMILES string of the molecule is CCN(Cc1cccs1)C(=O)/C=C/C1CC=C(C)S1. The van der Waals surface area contributed by atoms with Crippen LogP contribution in [0.1, 0.15) is 25.1 Å². The number of amides is 1. The van der Waals surface area contributed by atoms with Gasteiger partial charge in [0.1, 0.15) is 0 Å². The molecule has 1 aliphatic heterocycles. The average molecular weight is 293 g/mol. The summed E-state index contributed by atoms with van der Waals surface area (Å²) in [6.45, 7) is 5.60. The quantitative estimate of drug-likeness (QED) is 0.763. The first-order valence-electron chi connectivity index (χ1n) is 6.52. The van der Waals surface area contributed by atoms with Crippen LogP contribution >= 0.6 is 23.1 Å². The second-order valence-corrected chi connectivity index (χ2v) is 7.02. The molecule has 1 atom stereocenters. The molecule has 0 aliphatic carbocycles. The summed E-state index contributed by atoms with van der Waals surface area (Å²) in [5.41, 5.74) is 0. The van der Waals surface area contributed by atoms with Crippen LogP contribution in [0, 0.1) is 0 Å². The van der Waals surface area contributed by atoms with Crippen molar-refractivity contribution in [2.75, 3.05) is 6.54 Å². The number of carbonyl (C=O) groups excluding carboxylic acids is 1. The Kier molecular flexibility index (Phi) is 5.28. The molecule has 0 saturated carbocycles. The van der Waals surface area contributed by atoms with E-state index in [1.54, 1.807) is 17.4 Å². The molecule has 0 saturated heterocycles. The van der Waals surface area contributed by atoms with Gasteiger partial charge in [0.05, 0.1) is 6.54 Å². The van der Waals surface area contributed by atoms with Gasteiger partial charge in [-0.1, -0.05) is 18.2 Å². The van der Waals surface area contributed by atoms with Gasteiger partial charge >= 0.3 is 0 Å². The standard InChI is InChI=1S/C15H19NOS2/c1-3-16(11-14-5-4-10-18-14)15(17)9-8-13-7-6-12(2)19-13/h4-6,8-10,13H,3,7,11H2,1-2H3/b9-8+. The highest BCUT2D eigenvalue weighted by Crippen LogP contribution is 2.32. The van der Waals surface area contributed by atoms with Gasteiger partial charge in [0.2, 0.25) is 5.91 Å². The van der Waals surface area contributed by atoms with Crippen LogP contribution in [-0.2, 0) is 11.3 Å². The number of rotatable bonds is 5. The number of likely N-dealkylation sites (N-methyl/N-ethyl adjacent to an activating group) is 1. The summed E-state index contributed by atoms with van der Waals surface area (Å²) in [6, 6.07) is 4.10. The van der Waals surface area contributed by atoms with Crippen molar-refractivity contribution in [2.24, 2.45) is 0 Å². The van der Waals surface area contributed by atoms with Crippen LogP contribution in [0.4, 0.5) is 0 Å². The Bertz CT molecular complexity index is 476. The van der Waals surface area contributed by atoms with Crippen molar-refractivity contribution in [2.45, 2.75) is 32.1 Å². The van der Waals surface area contributed by atoms with Crippen molar-refractivity contribution in [3.8, 4) is 0 Å². The minimum atomic E-state index is 0.112. The zero-order valence-electron chi connectivity index (χ0n) is 11.3. The molecule has 1 aliphatic rings. The average Bonchev–Trinajstić information content (AvgIpc) is 3.04. The molecule has 1 unspecified atom stereocenters. The van der Waals surface area contributed by atoms with Crippen LogP contribution in [0.5, 0.6) is 0 Å². The van der Waals surface area contributed by atoms with Gasteiger partial charge in [0.25, 0.3) is 0 Å². The number of nitrogens with zero attached hydrogens (tertiary/aromatic N) is 1. The van der Waals surface area contributed by atoms with Gasteiger partial charge in [-0.3, -0.25) is 4.79 Å². The monoisotopic (exact) mass is 293 g/mol. The lowest BCUT2D eigenvalue weighted by molar-refractivity contribution is -0.126. The third kappa shape index (κ3) is 4.25. The molecule has 2 rings (SSSR count). The molecule has 0 N–H and O–H groups in total. The molecular formula is C15H19NOS2. The van der Waals surface area contributed by atoms with Crippen LogP contribution in [0.2, 0.25) is 0 Å². The van der Waals surface area contributed by atoms with E-state index in [-0.39, 0.29) is 5.91 Å². The summed E-state index contributed by atoms with van der Waals surface area (Å²) < 4.78 is 0. The maximum absolute atomic E-state index is 12.2. The summed E-state index contributed by atoms with van der Waals surface area (Å²) in [4.78, 5) is 16.6. The molecule has 0 fully saturated rings. The first-order chi connectivity index (χ1) is 9.19. The van der Waals surface area contributed by atoms with Gasteiger partial charge in [0.15, 0.2) is 0 Å². The molecule has 0 radical (unpaired) electrons. The maximum Gasteiger partial charge on any atom is 0.246 e. The molecule has 0 spiro atoms. The summed E-state index contributed by atoms with van der Waals surface area (Å²) in [5, 5.41) is 2.48. The van der Waals surface area contributed by atoms with Crippen molar-refractivity contribution < 1.29 is 4.79 Å². The van der Waals surface area contributed by atoms with Gasteiger partial charge in [-0.05, 0) is 36.6 Å². The number of hydrogen-bond donors (Lipinski definition) is 0. The third-order valence-electron chi connectivity index (χ3n) is 3.05. The highest BCUT2D eigenvalue weighted by Gasteiger charge is 2.14. The Hall–Kier alpha value is -1.00. The molecule has 19 heavy (non-hydrogen) atoms. The molecule has 2 nitrogen and oxygen atoms in total. The highest BCUT2D eigenvalue weighted by molar-refractivity contribution is 8.04. The number of carbonyl (C=O) groups is 1. The number of thioether (sulfide) groups is 1. The van der Waals surface area contributed by atoms with E-state index in [9.17, 15) is 4.79 Å². The fourth-order valence-electron chi connectivity index (χ4n) is 1.97. The van der Waals surface area contributed by atoms with Crippen LogP contribution in [0.3, 0.4) is 0 Å². The fourth-order valence-corrected chi connectivity index (χ4v) is 3.71. The van der Waals surface area contributed by atoms with Crippen molar-refractivity contribution in [3.63, 3.8) is 0 Å². The Balaban J connectivity index is 1.88.